The van der Waals surface area contributed by atoms with Crippen molar-refractivity contribution in [3.8, 4) is 5.88 Å². The van der Waals surface area contributed by atoms with E-state index in [1.54, 1.807) is 12.1 Å². The molecular weight excluding hydrogens is 573 g/mol. The zero-order chi connectivity index (χ0) is 29.5. The topological polar surface area (TPSA) is 89.7 Å². The highest BCUT2D eigenvalue weighted by atomic mass is 35.5. The molecule has 1 N–H and O–H groups in total. The van der Waals surface area contributed by atoms with E-state index in [-0.39, 0.29) is 46.3 Å². The molecule has 4 heterocycles. The minimum absolute atomic E-state index is 0.0220. The predicted octanol–water partition coefficient (Wildman–Crippen LogP) is 6.35. The van der Waals surface area contributed by atoms with Crippen molar-refractivity contribution >= 4 is 28.6 Å². The normalized spacial score (nSPS) is 18.7. The van der Waals surface area contributed by atoms with Crippen molar-refractivity contribution in [3.63, 3.8) is 0 Å². The van der Waals surface area contributed by atoms with Crippen LogP contribution in [-0.2, 0) is 30.9 Å². The van der Waals surface area contributed by atoms with Crippen LogP contribution in [0.4, 0.5) is 13.2 Å². The molecule has 0 bridgehead atoms. The van der Waals surface area contributed by atoms with Gasteiger partial charge >= 0.3 is 5.97 Å². The molecule has 42 heavy (non-hydrogen) atoms. The van der Waals surface area contributed by atoms with E-state index in [9.17, 15) is 23.1 Å². The molecule has 1 fully saturated rings. The van der Waals surface area contributed by atoms with Crippen LogP contribution in [-0.4, -0.2) is 49.8 Å². The van der Waals surface area contributed by atoms with Crippen LogP contribution in [0.2, 0.25) is 5.02 Å². The molecule has 2 aromatic carbocycles. The van der Waals surface area contributed by atoms with E-state index in [2.05, 4.69) is 9.88 Å². The number of aromatic nitrogens is 3. The van der Waals surface area contributed by atoms with E-state index < -0.39 is 18.2 Å². The van der Waals surface area contributed by atoms with Crippen molar-refractivity contribution in [1.29, 1.82) is 0 Å². The van der Waals surface area contributed by atoms with Crippen molar-refractivity contribution in [1.82, 2.24) is 19.4 Å². The number of carbonyl (C=O) groups is 1. The standard InChI is InChI=1S/C30H28ClF3N4O4/c1-16-27-17(10-22(28(33)34)29(36-27)42-15-19-2-4-20(31)12-23(19)32)6-8-37(16)14-26-35-24-5-3-18(30(39)40)11-25(24)38(26)13-21-7-9-41-21/h2-5,10-12,16,21,28H,6-9,13-15H2,1H3,(H,39,40)/t16-,21-/m0/s1. The van der Waals surface area contributed by atoms with Gasteiger partial charge in [0.1, 0.15) is 18.2 Å². The van der Waals surface area contributed by atoms with Crippen LogP contribution in [0.25, 0.3) is 11.0 Å². The van der Waals surface area contributed by atoms with Crippen LogP contribution >= 0.6 is 11.6 Å². The third-order valence-electron chi connectivity index (χ3n) is 7.95. The van der Waals surface area contributed by atoms with E-state index in [0.29, 0.717) is 49.4 Å². The largest absolute Gasteiger partial charge is 0.478 e. The van der Waals surface area contributed by atoms with Gasteiger partial charge in [0.25, 0.3) is 6.43 Å². The molecule has 0 saturated carbocycles. The van der Waals surface area contributed by atoms with Crippen LogP contribution in [0.3, 0.4) is 0 Å². The van der Waals surface area contributed by atoms with Crippen molar-refractivity contribution in [2.75, 3.05) is 13.2 Å². The molecule has 0 spiro atoms. The molecule has 1 saturated heterocycles. The maximum Gasteiger partial charge on any atom is 0.335 e. The Hall–Kier alpha value is -3.67. The number of fused-ring (bicyclic) bond motifs is 2. The molecule has 4 aromatic rings. The Morgan fingerprint density at radius 1 is 1.21 bits per heavy atom. The number of halogens is 4. The van der Waals surface area contributed by atoms with Gasteiger partial charge in [-0.3, -0.25) is 4.90 Å². The summed E-state index contributed by atoms with van der Waals surface area (Å²) in [6.07, 6.45) is -1.39. The summed E-state index contributed by atoms with van der Waals surface area (Å²) in [5.41, 5.74) is 2.74. The fraction of sp³-hybridized carbons (Fsp3) is 0.367. The van der Waals surface area contributed by atoms with Crippen LogP contribution < -0.4 is 4.74 Å². The highest BCUT2D eigenvalue weighted by Crippen LogP contribution is 2.37. The number of rotatable bonds is 9. The molecule has 8 nitrogen and oxygen atoms in total. The summed E-state index contributed by atoms with van der Waals surface area (Å²) in [6.45, 7) is 3.91. The number of benzene rings is 2. The van der Waals surface area contributed by atoms with Gasteiger partial charge < -0.3 is 19.1 Å². The molecule has 220 valence electrons. The molecule has 0 aliphatic carbocycles. The second-order valence-corrected chi connectivity index (χ2v) is 11.0. The third kappa shape index (κ3) is 5.56. The van der Waals surface area contributed by atoms with E-state index >= 15 is 0 Å². The average molecular weight is 601 g/mol. The Balaban J connectivity index is 1.29. The average Bonchev–Trinajstić information content (AvgIpc) is 3.27. The quantitative estimate of drug-likeness (QED) is 0.240. The Morgan fingerprint density at radius 2 is 2.02 bits per heavy atom. The number of aromatic carboxylic acids is 1. The number of hydrogen-bond donors (Lipinski definition) is 1. The monoisotopic (exact) mass is 600 g/mol. The molecule has 6 rings (SSSR count). The lowest BCUT2D eigenvalue weighted by molar-refractivity contribution is -0.0592. The molecule has 0 amide bonds. The molecule has 12 heteroatoms. The lowest BCUT2D eigenvalue weighted by Crippen LogP contribution is -2.36. The molecular formula is C30H28ClF3N4O4. The first-order valence-corrected chi connectivity index (χ1v) is 14.0. The highest BCUT2D eigenvalue weighted by molar-refractivity contribution is 6.30. The number of carboxylic acid groups (broad SMARTS) is 1. The maximum atomic E-state index is 14.3. The van der Waals surface area contributed by atoms with Crippen molar-refractivity contribution in [2.45, 2.75) is 58.0 Å². The second kappa shape index (κ2) is 11.5. The number of hydrogen-bond acceptors (Lipinski definition) is 6. The summed E-state index contributed by atoms with van der Waals surface area (Å²) in [4.78, 5) is 23.1. The first kappa shape index (κ1) is 28.4. The minimum Gasteiger partial charge on any atom is -0.478 e. The molecule has 2 aliphatic heterocycles. The summed E-state index contributed by atoms with van der Waals surface area (Å²) < 4.78 is 55.6. The molecule has 2 atom stereocenters. The summed E-state index contributed by atoms with van der Waals surface area (Å²) >= 11 is 5.82. The summed E-state index contributed by atoms with van der Waals surface area (Å²) in [5, 5.41) is 9.75. The van der Waals surface area contributed by atoms with Gasteiger partial charge in [-0.05, 0) is 61.7 Å². The number of carboxylic acids is 1. The van der Waals surface area contributed by atoms with E-state index in [1.807, 2.05) is 11.5 Å². The second-order valence-electron chi connectivity index (χ2n) is 10.6. The van der Waals surface area contributed by atoms with Crippen molar-refractivity contribution in [2.24, 2.45) is 0 Å². The van der Waals surface area contributed by atoms with Crippen LogP contribution in [0, 0.1) is 5.82 Å². The zero-order valence-corrected chi connectivity index (χ0v) is 23.5. The van der Waals surface area contributed by atoms with Crippen molar-refractivity contribution in [3.05, 3.63) is 87.1 Å². The fourth-order valence-corrected chi connectivity index (χ4v) is 5.64. The van der Waals surface area contributed by atoms with Gasteiger partial charge in [0.15, 0.2) is 0 Å². The molecule has 2 aromatic heterocycles. The lowest BCUT2D eigenvalue weighted by atomic mass is 9.97. The molecule has 0 unspecified atom stereocenters. The molecule has 0 radical (unpaired) electrons. The number of nitrogens with zero attached hydrogens (tertiary/aromatic N) is 4. The Labute approximate surface area is 244 Å². The maximum absolute atomic E-state index is 14.3. The minimum atomic E-state index is -2.81. The van der Waals surface area contributed by atoms with Gasteiger partial charge in [0.05, 0.1) is 53.1 Å². The number of imidazole rings is 1. The summed E-state index contributed by atoms with van der Waals surface area (Å²) in [5.74, 6) is -1.10. The Bertz CT molecular complexity index is 1660. The Morgan fingerprint density at radius 3 is 2.71 bits per heavy atom. The van der Waals surface area contributed by atoms with Crippen LogP contribution in [0.15, 0.2) is 42.5 Å². The predicted molar refractivity (Wildman–Crippen MR) is 149 cm³/mol. The number of pyridine rings is 1. The number of alkyl halides is 2. The van der Waals surface area contributed by atoms with Gasteiger partial charge in [-0.15, -0.1) is 0 Å². The fourth-order valence-electron chi connectivity index (χ4n) is 5.48. The highest BCUT2D eigenvalue weighted by Gasteiger charge is 2.31. The SMILES string of the molecule is C[C@H]1c2nc(OCc3ccc(Cl)cc3F)c(C(F)F)cc2CCN1Cc1nc2ccc(C(=O)O)cc2n1C[C@@H]1CCO1. The van der Waals surface area contributed by atoms with E-state index in [4.69, 9.17) is 26.1 Å². The summed E-state index contributed by atoms with van der Waals surface area (Å²) in [6, 6.07) is 10.1. The lowest BCUT2D eigenvalue weighted by Gasteiger charge is -2.35. The van der Waals surface area contributed by atoms with Crippen LogP contribution in [0.1, 0.15) is 64.4 Å². The van der Waals surface area contributed by atoms with Gasteiger partial charge in [-0.2, -0.15) is 0 Å². The van der Waals surface area contributed by atoms with Gasteiger partial charge in [-0.1, -0.05) is 17.7 Å². The first-order chi connectivity index (χ1) is 20.2. The van der Waals surface area contributed by atoms with Gasteiger partial charge in [0, 0.05) is 23.7 Å². The van der Waals surface area contributed by atoms with E-state index in [0.717, 1.165) is 23.8 Å². The third-order valence-corrected chi connectivity index (χ3v) is 8.19. The first-order valence-electron chi connectivity index (χ1n) is 13.6. The van der Waals surface area contributed by atoms with Crippen molar-refractivity contribution < 1.29 is 32.5 Å². The number of ether oxygens (including phenoxy) is 2. The summed E-state index contributed by atoms with van der Waals surface area (Å²) in [7, 11) is 0. The zero-order valence-electron chi connectivity index (χ0n) is 22.7. The van der Waals surface area contributed by atoms with Gasteiger partial charge in [-0.25, -0.2) is 27.9 Å². The molecule has 2 aliphatic rings. The van der Waals surface area contributed by atoms with Crippen LogP contribution in [0.5, 0.6) is 5.88 Å². The van der Waals surface area contributed by atoms with E-state index in [1.165, 1.54) is 24.3 Å². The van der Waals surface area contributed by atoms with Gasteiger partial charge in [0.2, 0.25) is 5.88 Å². The smallest absolute Gasteiger partial charge is 0.335 e. The Kier molecular flexibility index (Phi) is 7.82.